The minimum atomic E-state index is -0.435. The highest BCUT2D eigenvalue weighted by Gasteiger charge is 2.33. The van der Waals surface area contributed by atoms with Crippen molar-refractivity contribution in [3.05, 3.63) is 0 Å². The first-order chi connectivity index (χ1) is 10.0. The fourth-order valence-electron chi connectivity index (χ4n) is 2.83. The zero-order valence-electron chi connectivity index (χ0n) is 13.1. The molecule has 2 amide bonds. The van der Waals surface area contributed by atoms with Gasteiger partial charge in [-0.25, -0.2) is 0 Å². The summed E-state index contributed by atoms with van der Waals surface area (Å²) in [5, 5.41) is 0. The number of nitrogens with zero attached hydrogens (tertiary/aromatic N) is 2. The smallest absolute Gasteiger partial charge is 0.251 e. The van der Waals surface area contributed by atoms with Crippen molar-refractivity contribution in [3.8, 4) is 0 Å². The summed E-state index contributed by atoms with van der Waals surface area (Å²) in [5.74, 6) is 0.267. The van der Waals surface area contributed by atoms with E-state index in [1.165, 1.54) is 0 Å². The van der Waals surface area contributed by atoms with Crippen molar-refractivity contribution in [1.29, 1.82) is 0 Å². The molecule has 120 valence electrons. The van der Waals surface area contributed by atoms with Gasteiger partial charge >= 0.3 is 0 Å². The molecule has 2 rings (SSSR count). The van der Waals surface area contributed by atoms with Crippen LogP contribution in [0.4, 0.5) is 0 Å². The number of rotatable bonds is 4. The lowest BCUT2D eigenvalue weighted by Crippen LogP contribution is -2.56. The molecule has 2 saturated heterocycles. The molecule has 0 saturated carbocycles. The monoisotopic (exact) mass is 297 g/mol. The van der Waals surface area contributed by atoms with Crippen molar-refractivity contribution in [2.45, 2.75) is 45.3 Å². The maximum absolute atomic E-state index is 12.3. The van der Waals surface area contributed by atoms with Gasteiger partial charge in [0.05, 0.1) is 6.04 Å². The van der Waals surface area contributed by atoms with Gasteiger partial charge in [0.25, 0.3) is 5.91 Å². The van der Waals surface area contributed by atoms with Crippen LogP contribution in [0, 0.1) is 5.92 Å². The molecule has 3 atom stereocenters. The zero-order valence-corrected chi connectivity index (χ0v) is 13.1. The molecule has 2 N–H and O–H groups in total. The molecule has 2 fully saturated rings. The first-order valence-corrected chi connectivity index (χ1v) is 7.99. The van der Waals surface area contributed by atoms with Crippen molar-refractivity contribution < 1.29 is 14.3 Å². The summed E-state index contributed by atoms with van der Waals surface area (Å²) in [6.07, 6.45) is 2.40. The van der Waals surface area contributed by atoms with Crippen LogP contribution >= 0.6 is 0 Å². The van der Waals surface area contributed by atoms with Crippen LogP contribution in [0.15, 0.2) is 0 Å². The first-order valence-electron chi connectivity index (χ1n) is 7.99. The van der Waals surface area contributed by atoms with Crippen molar-refractivity contribution >= 4 is 11.8 Å². The molecular weight excluding hydrogens is 270 g/mol. The number of hydrogen-bond acceptors (Lipinski definition) is 4. The molecule has 0 aromatic rings. The van der Waals surface area contributed by atoms with Gasteiger partial charge in [0.1, 0.15) is 6.10 Å². The van der Waals surface area contributed by atoms with Gasteiger partial charge < -0.3 is 20.3 Å². The van der Waals surface area contributed by atoms with Crippen molar-refractivity contribution in [2.24, 2.45) is 11.7 Å². The van der Waals surface area contributed by atoms with Crippen LogP contribution in [0.2, 0.25) is 0 Å². The molecule has 3 unspecified atom stereocenters. The molecule has 21 heavy (non-hydrogen) atoms. The minimum absolute atomic E-state index is 0.00793. The highest BCUT2D eigenvalue weighted by Crippen LogP contribution is 2.17. The van der Waals surface area contributed by atoms with E-state index in [1.54, 1.807) is 4.90 Å². The van der Waals surface area contributed by atoms with Crippen molar-refractivity contribution in [3.63, 3.8) is 0 Å². The Balaban J connectivity index is 1.82. The molecule has 6 heteroatoms. The summed E-state index contributed by atoms with van der Waals surface area (Å²) in [5.41, 5.74) is 6.00. The number of carbonyl (C=O) groups is 2. The molecule has 0 radical (unpaired) electrons. The Morgan fingerprint density at radius 3 is 2.38 bits per heavy atom. The summed E-state index contributed by atoms with van der Waals surface area (Å²) in [6, 6.07) is -0.435. The van der Waals surface area contributed by atoms with Crippen LogP contribution in [0.5, 0.6) is 0 Å². The average molecular weight is 297 g/mol. The lowest BCUT2D eigenvalue weighted by molar-refractivity contribution is -0.146. The number of carbonyl (C=O) groups excluding carboxylic acids is 2. The number of amides is 2. The largest absolute Gasteiger partial charge is 0.368 e. The molecule has 0 aromatic carbocycles. The molecule has 0 bridgehead atoms. The predicted octanol–water partition coefficient (Wildman–Crippen LogP) is 0.210. The molecule has 0 spiro atoms. The Labute approximate surface area is 126 Å². The van der Waals surface area contributed by atoms with Gasteiger partial charge in [0, 0.05) is 32.8 Å². The van der Waals surface area contributed by atoms with Crippen LogP contribution in [0.3, 0.4) is 0 Å². The van der Waals surface area contributed by atoms with E-state index in [2.05, 4.69) is 0 Å². The number of hydrogen-bond donors (Lipinski definition) is 1. The maximum Gasteiger partial charge on any atom is 0.251 e. The van der Waals surface area contributed by atoms with E-state index in [1.807, 2.05) is 18.7 Å². The minimum Gasteiger partial charge on any atom is -0.368 e. The van der Waals surface area contributed by atoms with Crippen LogP contribution in [0.1, 0.15) is 33.1 Å². The van der Waals surface area contributed by atoms with Gasteiger partial charge in [-0.2, -0.15) is 0 Å². The third kappa shape index (κ3) is 3.74. The number of piperazine rings is 1. The third-order valence-electron chi connectivity index (χ3n) is 4.65. The summed E-state index contributed by atoms with van der Waals surface area (Å²) < 4.78 is 5.43. The lowest BCUT2D eigenvalue weighted by atomic mass is 9.98. The Morgan fingerprint density at radius 1 is 1.24 bits per heavy atom. The van der Waals surface area contributed by atoms with Gasteiger partial charge in [-0.1, -0.05) is 20.3 Å². The fourth-order valence-corrected chi connectivity index (χ4v) is 2.83. The summed E-state index contributed by atoms with van der Waals surface area (Å²) in [4.78, 5) is 28.1. The van der Waals surface area contributed by atoms with Crippen molar-refractivity contribution in [1.82, 2.24) is 9.80 Å². The molecule has 2 aliphatic rings. The molecule has 6 nitrogen and oxygen atoms in total. The third-order valence-corrected chi connectivity index (χ3v) is 4.65. The predicted molar refractivity (Wildman–Crippen MR) is 79.6 cm³/mol. The Hall–Kier alpha value is -1.14. The maximum atomic E-state index is 12.3. The van der Waals surface area contributed by atoms with E-state index in [0.29, 0.717) is 32.8 Å². The van der Waals surface area contributed by atoms with Crippen LogP contribution in [-0.4, -0.2) is 66.5 Å². The summed E-state index contributed by atoms with van der Waals surface area (Å²) in [7, 11) is 0. The highest BCUT2D eigenvalue weighted by molar-refractivity contribution is 5.83. The first kappa shape index (κ1) is 16.2. The molecule has 0 aliphatic carbocycles. The molecule has 2 heterocycles. The van der Waals surface area contributed by atoms with Gasteiger partial charge in [-0.05, 0) is 18.8 Å². The van der Waals surface area contributed by atoms with Gasteiger partial charge in [0.15, 0.2) is 0 Å². The topological polar surface area (TPSA) is 75.9 Å². The second-order valence-electron chi connectivity index (χ2n) is 6.06. The van der Waals surface area contributed by atoms with Crippen LogP contribution < -0.4 is 5.73 Å². The Kier molecular flexibility index (Phi) is 5.58. The zero-order chi connectivity index (χ0) is 15.4. The Morgan fingerprint density at radius 2 is 1.86 bits per heavy atom. The van der Waals surface area contributed by atoms with Gasteiger partial charge in [-0.3, -0.25) is 9.59 Å². The van der Waals surface area contributed by atoms with Gasteiger partial charge in [-0.15, -0.1) is 0 Å². The summed E-state index contributed by atoms with van der Waals surface area (Å²) in [6.45, 7) is 7.02. The second kappa shape index (κ2) is 7.22. The molecule has 2 aliphatic heterocycles. The quantitative estimate of drug-likeness (QED) is 0.805. The standard InChI is InChI=1S/C15H27N3O3/c1-3-11(2)13(16)15(20)18-8-6-17(7-9-18)14(19)12-5-4-10-21-12/h11-13H,3-10,16H2,1-2H3. The van der Waals surface area contributed by atoms with E-state index >= 15 is 0 Å². The Bertz CT molecular complexity index is 374. The fraction of sp³-hybridized carbons (Fsp3) is 0.867. The second-order valence-corrected chi connectivity index (χ2v) is 6.06. The molecular formula is C15H27N3O3. The summed E-state index contributed by atoms with van der Waals surface area (Å²) >= 11 is 0. The number of nitrogens with two attached hydrogens (primary N) is 1. The van der Waals surface area contributed by atoms with E-state index in [0.717, 1.165) is 19.3 Å². The SMILES string of the molecule is CCC(C)C(N)C(=O)N1CCN(C(=O)C2CCCO2)CC1. The lowest BCUT2D eigenvalue weighted by Gasteiger charge is -2.37. The van der Waals surface area contributed by atoms with Crippen molar-refractivity contribution in [2.75, 3.05) is 32.8 Å². The normalized spacial score (nSPS) is 25.8. The van der Waals surface area contributed by atoms with E-state index in [9.17, 15) is 9.59 Å². The van der Waals surface area contributed by atoms with E-state index in [4.69, 9.17) is 10.5 Å². The van der Waals surface area contributed by atoms with Crippen LogP contribution in [-0.2, 0) is 14.3 Å². The van der Waals surface area contributed by atoms with Crippen LogP contribution in [0.25, 0.3) is 0 Å². The van der Waals surface area contributed by atoms with Gasteiger partial charge in [0.2, 0.25) is 5.91 Å². The van der Waals surface area contributed by atoms with E-state index < -0.39 is 6.04 Å². The highest BCUT2D eigenvalue weighted by atomic mass is 16.5. The average Bonchev–Trinajstić information content (AvgIpc) is 3.06. The van der Waals surface area contributed by atoms with E-state index in [-0.39, 0.29) is 23.8 Å². The number of ether oxygens (including phenoxy) is 1. The molecule has 0 aromatic heterocycles.